The lowest BCUT2D eigenvalue weighted by Crippen LogP contribution is -2.35. The second-order valence-electron chi connectivity index (χ2n) is 5.56. The summed E-state index contributed by atoms with van der Waals surface area (Å²) in [6.45, 7) is 1.65. The number of carbonyl (C=O) groups is 2. The summed E-state index contributed by atoms with van der Waals surface area (Å²) in [5.41, 5.74) is -0.964. The van der Waals surface area contributed by atoms with E-state index in [1.165, 1.54) is 18.3 Å². The van der Waals surface area contributed by atoms with E-state index < -0.39 is 43.3 Å². The monoisotopic (exact) mass is 412 g/mol. The quantitative estimate of drug-likeness (QED) is 0.417. The number of nitro groups is 1. The Morgan fingerprint density at radius 1 is 1.33 bits per heavy atom. The highest BCUT2D eigenvalue weighted by molar-refractivity contribution is 7.90. The van der Waals surface area contributed by atoms with E-state index in [1.54, 1.807) is 0 Å². The SMILES string of the molecule is CC(OC(=O)c1ccc(S(C)(=O)=O)c([N+](=O)[O-])c1)C(=O)NCc1cccs1. The van der Waals surface area contributed by atoms with Gasteiger partial charge in [-0.2, -0.15) is 0 Å². The van der Waals surface area contributed by atoms with Gasteiger partial charge >= 0.3 is 5.97 Å². The van der Waals surface area contributed by atoms with Crippen molar-refractivity contribution in [1.29, 1.82) is 0 Å². The molecule has 1 aromatic heterocycles. The second kappa shape index (κ2) is 8.27. The number of benzene rings is 1. The zero-order valence-electron chi connectivity index (χ0n) is 14.4. The van der Waals surface area contributed by atoms with E-state index in [2.05, 4.69) is 5.32 Å². The van der Waals surface area contributed by atoms with Crippen LogP contribution in [0.5, 0.6) is 0 Å². The Morgan fingerprint density at radius 2 is 2.04 bits per heavy atom. The van der Waals surface area contributed by atoms with E-state index >= 15 is 0 Å². The highest BCUT2D eigenvalue weighted by Gasteiger charge is 2.26. The Kier molecular flexibility index (Phi) is 6.28. The highest BCUT2D eigenvalue weighted by Crippen LogP contribution is 2.25. The number of carbonyl (C=O) groups excluding carboxylic acids is 2. The largest absolute Gasteiger partial charge is 0.449 e. The summed E-state index contributed by atoms with van der Waals surface area (Å²) in [5.74, 6) is -1.50. The predicted molar refractivity (Wildman–Crippen MR) is 97.2 cm³/mol. The van der Waals surface area contributed by atoms with Gasteiger partial charge < -0.3 is 10.1 Å². The van der Waals surface area contributed by atoms with Gasteiger partial charge in [0.2, 0.25) is 0 Å². The van der Waals surface area contributed by atoms with Crippen molar-refractivity contribution in [2.45, 2.75) is 24.5 Å². The molecule has 0 aliphatic rings. The zero-order chi connectivity index (χ0) is 20.2. The fourth-order valence-electron chi connectivity index (χ4n) is 2.11. The number of hydrogen-bond donors (Lipinski definition) is 1. The first-order valence-corrected chi connectivity index (χ1v) is 10.4. The molecule has 0 saturated carbocycles. The molecule has 2 rings (SSSR count). The molecule has 27 heavy (non-hydrogen) atoms. The van der Waals surface area contributed by atoms with Crippen LogP contribution in [0.2, 0.25) is 0 Å². The van der Waals surface area contributed by atoms with Crippen molar-refractivity contribution in [1.82, 2.24) is 5.32 Å². The lowest BCUT2D eigenvalue weighted by Gasteiger charge is -2.13. The van der Waals surface area contributed by atoms with E-state index in [1.807, 2.05) is 17.5 Å². The van der Waals surface area contributed by atoms with Crippen molar-refractivity contribution in [2.75, 3.05) is 6.26 Å². The van der Waals surface area contributed by atoms with Gasteiger partial charge in [0.1, 0.15) is 4.90 Å². The summed E-state index contributed by atoms with van der Waals surface area (Å²) in [5, 5.41) is 15.6. The lowest BCUT2D eigenvalue weighted by atomic mass is 10.2. The second-order valence-corrected chi connectivity index (χ2v) is 8.57. The lowest BCUT2D eigenvalue weighted by molar-refractivity contribution is -0.387. The molecule has 11 heteroatoms. The van der Waals surface area contributed by atoms with Gasteiger partial charge in [0.15, 0.2) is 15.9 Å². The van der Waals surface area contributed by atoms with Crippen LogP contribution >= 0.6 is 11.3 Å². The summed E-state index contributed by atoms with van der Waals surface area (Å²) < 4.78 is 28.2. The van der Waals surface area contributed by atoms with Crippen molar-refractivity contribution in [3.8, 4) is 0 Å². The zero-order valence-corrected chi connectivity index (χ0v) is 16.0. The van der Waals surface area contributed by atoms with Crippen molar-refractivity contribution >= 4 is 38.7 Å². The average molecular weight is 412 g/mol. The number of rotatable bonds is 7. The first-order chi connectivity index (χ1) is 12.6. The number of nitro benzene ring substituents is 1. The molecule has 0 spiro atoms. The topological polar surface area (TPSA) is 133 Å². The Balaban J connectivity index is 2.09. The number of hydrogen-bond acceptors (Lipinski definition) is 8. The van der Waals surface area contributed by atoms with Gasteiger partial charge in [-0.1, -0.05) is 6.07 Å². The molecule has 0 saturated heterocycles. The average Bonchev–Trinajstić information content (AvgIpc) is 3.11. The predicted octanol–water partition coefficient (Wildman–Crippen LogP) is 1.92. The highest BCUT2D eigenvalue weighted by atomic mass is 32.2. The van der Waals surface area contributed by atoms with E-state index in [9.17, 15) is 28.1 Å². The molecule has 1 heterocycles. The van der Waals surface area contributed by atoms with Gasteiger partial charge in [-0.05, 0) is 30.5 Å². The summed E-state index contributed by atoms with van der Waals surface area (Å²) >= 11 is 1.46. The Hall–Kier alpha value is -2.79. The molecule has 0 aliphatic heterocycles. The van der Waals surface area contributed by atoms with Crippen molar-refractivity contribution in [2.24, 2.45) is 0 Å². The molecule has 0 radical (unpaired) electrons. The number of amides is 1. The van der Waals surface area contributed by atoms with Crippen molar-refractivity contribution in [3.63, 3.8) is 0 Å². The van der Waals surface area contributed by atoms with E-state index in [0.717, 1.165) is 29.3 Å². The van der Waals surface area contributed by atoms with Crippen LogP contribution in [0.25, 0.3) is 0 Å². The third-order valence-electron chi connectivity index (χ3n) is 3.46. The smallest absolute Gasteiger partial charge is 0.339 e. The van der Waals surface area contributed by atoms with E-state index in [0.29, 0.717) is 0 Å². The summed E-state index contributed by atoms with van der Waals surface area (Å²) in [6, 6.07) is 6.55. The number of ether oxygens (including phenoxy) is 1. The van der Waals surface area contributed by atoms with Gasteiger partial charge in [0.25, 0.3) is 11.6 Å². The number of esters is 1. The van der Waals surface area contributed by atoms with Crippen molar-refractivity contribution < 1.29 is 27.7 Å². The van der Waals surface area contributed by atoms with Crippen molar-refractivity contribution in [3.05, 3.63) is 56.3 Å². The molecule has 144 valence electrons. The molecule has 1 N–H and O–H groups in total. The fraction of sp³-hybridized carbons (Fsp3) is 0.250. The maximum Gasteiger partial charge on any atom is 0.339 e. The normalized spacial score (nSPS) is 12.2. The number of nitrogens with one attached hydrogen (secondary N) is 1. The first-order valence-electron chi connectivity index (χ1n) is 7.59. The molecule has 9 nitrogen and oxygen atoms in total. The van der Waals surface area contributed by atoms with Crippen LogP contribution in [0.4, 0.5) is 5.69 Å². The van der Waals surface area contributed by atoms with Gasteiger partial charge in [-0.3, -0.25) is 14.9 Å². The number of sulfone groups is 1. The summed E-state index contributed by atoms with van der Waals surface area (Å²) in [7, 11) is -3.84. The molecule has 0 fully saturated rings. The van der Waals surface area contributed by atoms with Crippen LogP contribution in [0.15, 0.2) is 40.6 Å². The van der Waals surface area contributed by atoms with Gasteiger partial charge in [-0.25, -0.2) is 13.2 Å². The van der Waals surface area contributed by atoms with Gasteiger partial charge in [0.05, 0.1) is 17.0 Å². The van der Waals surface area contributed by atoms with Crippen LogP contribution in [-0.4, -0.2) is 37.6 Å². The minimum Gasteiger partial charge on any atom is -0.449 e. The summed E-state index contributed by atoms with van der Waals surface area (Å²) in [6.07, 6.45) is -0.307. The standard InChI is InChI=1S/C16H16N2O7S2/c1-10(15(19)17-9-12-4-3-7-26-12)25-16(20)11-5-6-14(27(2,23)24)13(8-11)18(21)22/h3-8,10H,9H2,1-2H3,(H,17,19). The van der Waals surface area contributed by atoms with Crippen LogP contribution in [0, 0.1) is 10.1 Å². The van der Waals surface area contributed by atoms with E-state index in [4.69, 9.17) is 4.74 Å². The maximum atomic E-state index is 12.2. The third kappa shape index (κ3) is 5.34. The fourth-order valence-corrected chi connectivity index (χ4v) is 3.59. The Morgan fingerprint density at radius 3 is 2.59 bits per heavy atom. The Labute approximate surface area is 159 Å². The number of thiophene rings is 1. The first kappa shape index (κ1) is 20.5. The molecule has 0 bridgehead atoms. The molecule has 2 aromatic rings. The minimum absolute atomic E-state index is 0.230. The van der Waals surface area contributed by atoms with Crippen LogP contribution < -0.4 is 5.32 Å². The molecule has 1 atom stereocenters. The molecular weight excluding hydrogens is 396 g/mol. The molecule has 1 aromatic carbocycles. The van der Waals surface area contributed by atoms with Crippen LogP contribution in [0.1, 0.15) is 22.2 Å². The molecule has 0 aliphatic carbocycles. The minimum atomic E-state index is -3.84. The molecule has 1 amide bonds. The molecular formula is C16H16N2O7S2. The summed E-state index contributed by atoms with van der Waals surface area (Å²) in [4.78, 5) is 34.8. The van der Waals surface area contributed by atoms with Crippen LogP contribution in [-0.2, 0) is 25.9 Å². The van der Waals surface area contributed by atoms with E-state index in [-0.39, 0.29) is 12.1 Å². The van der Waals surface area contributed by atoms with Gasteiger partial charge in [0, 0.05) is 17.2 Å². The maximum absolute atomic E-state index is 12.2. The number of nitrogens with zero attached hydrogens (tertiary/aromatic N) is 1. The van der Waals surface area contributed by atoms with Crippen LogP contribution in [0.3, 0.4) is 0 Å². The Bertz CT molecular complexity index is 969. The third-order valence-corrected chi connectivity index (χ3v) is 5.48. The van der Waals surface area contributed by atoms with Gasteiger partial charge in [-0.15, -0.1) is 11.3 Å². The molecule has 1 unspecified atom stereocenters.